The van der Waals surface area contributed by atoms with E-state index in [1.54, 1.807) is 85.8 Å². The standard InChI is InChI=1S/C22H21O2P.C16H16O3.C15H21NO2S.C13H16O2.C12H13NO4/c1-16-14-17(2)21(18(3)15-16)22(23)25(24,19-10-6-4-7-11-19)20-12-8-5-9-13-20;1-18-16(19-2,14-11-7-4-8-12-14)15(17)13-9-5-3-6-10-13;1-15(2,16-7-9-18-10-8-16)14(17)13-5-3-12(11-19)4-6-13;14-12(11-7-3-1-4-8-11)13(15)9-5-2-6-10-13;1-3-16-12(15)17-13-9(2)11(14)10-7-5-4-6-8-10/h4-15H,1-3H3;3-12H,1-2H3;3-6,19H,7-11H2,1-2H3;1,3-4,7-8,15H,2,5-6,9-10H2;4-8H,3H2,1-2H3/b;;;;13-9+. The van der Waals surface area contributed by atoms with Gasteiger partial charge >= 0.3 is 6.16 Å². The third-order valence-electron chi connectivity index (χ3n) is 16.3. The summed E-state index contributed by atoms with van der Waals surface area (Å²) >= 11 is 4.23. The molecule has 0 atom stereocenters. The maximum absolute atomic E-state index is 14.2. The normalized spacial score (nSPS) is 13.8. The first kappa shape index (κ1) is 75.5. The number of methoxy groups -OCH3 is 2. The highest BCUT2D eigenvalue weighted by Gasteiger charge is 2.42. The molecule has 0 radical (unpaired) electrons. The predicted octanol–water partition coefficient (Wildman–Crippen LogP) is 15.2. The second-order valence-electron chi connectivity index (χ2n) is 23.2. The van der Waals surface area contributed by atoms with Crippen LogP contribution in [0.1, 0.15) is 139 Å². The highest BCUT2D eigenvalue weighted by molar-refractivity contribution is 7.93. The van der Waals surface area contributed by atoms with Crippen LogP contribution in [0.15, 0.2) is 224 Å². The third-order valence-corrected chi connectivity index (χ3v) is 19.5. The minimum atomic E-state index is -3.44. The van der Waals surface area contributed by atoms with E-state index in [0.29, 0.717) is 70.2 Å². The number of rotatable bonds is 19. The molecule has 8 aromatic carbocycles. The molecule has 8 aromatic rings. The molecule has 0 aromatic heterocycles. The van der Waals surface area contributed by atoms with Crippen LogP contribution in [0.2, 0.25) is 0 Å². The zero-order chi connectivity index (χ0) is 69.0. The van der Waals surface area contributed by atoms with Crippen LogP contribution in [0.5, 0.6) is 0 Å². The second-order valence-corrected chi connectivity index (χ2v) is 26.2. The predicted molar refractivity (Wildman–Crippen MR) is 378 cm³/mol. The summed E-state index contributed by atoms with van der Waals surface area (Å²) in [5.74, 6) is -1.16. The van der Waals surface area contributed by atoms with Crippen molar-refractivity contribution in [2.24, 2.45) is 5.16 Å². The highest BCUT2D eigenvalue weighted by Crippen LogP contribution is 2.48. The van der Waals surface area contributed by atoms with E-state index in [1.807, 2.05) is 174 Å². The van der Waals surface area contributed by atoms with Gasteiger partial charge in [-0.15, -0.1) is 0 Å². The van der Waals surface area contributed by atoms with Crippen LogP contribution in [0.3, 0.4) is 0 Å². The Morgan fingerprint density at radius 3 is 1.48 bits per heavy atom. The molecular formula is C78H87N2O13PS. The lowest BCUT2D eigenvalue weighted by molar-refractivity contribution is -0.176. The molecule has 498 valence electrons. The Hall–Kier alpha value is -8.57. The van der Waals surface area contributed by atoms with Gasteiger partial charge < -0.3 is 28.6 Å². The molecule has 2 aliphatic rings. The summed E-state index contributed by atoms with van der Waals surface area (Å²) < 4.78 is 34.8. The van der Waals surface area contributed by atoms with Crippen molar-refractivity contribution < 1.29 is 62.2 Å². The van der Waals surface area contributed by atoms with Crippen LogP contribution in [0.25, 0.3) is 0 Å². The molecule has 1 saturated heterocycles. The molecule has 1 heterocycles. The Morgan fingerprint density at radius 1 is 0.600 bits per heavy atom. The van der Waals surface area contributed by atoms with Gasteiger partial charge in [0.25, 0.3) is 5.79 Å². The summed E-state index contributed by atoms with van der Waals surface area (Å²) in [6.07, 6.45) is 3.34. The lowest BCUT2D eigenvalue weighted by Crippen LogP contribution is -2.54. The number of ketones is 4. The number of morpholine rings is 1. The molecule has 10 rings (SSSR count). The first-order valence-corrected chi connectivity index (χ1v) is 33.9. The minimum Gasteiger partial charge on any atom is -0.433 e. The molecule has 95 heavy (non-hydrogen) atoms. The van der Waals surface area contributed by atoms with Gasteiger partial charge in [-0.2, -0.15) is 12.6 Å². The maximum atomic E-state index is 14.2. The number of ether oxygens (including phenoxy) is 4. The van der Waals surface area contributed by atoms with E-state index >= 15 is 0 Å². The summed E-state index contributed by atoms with van der Waals surface area (Å²) in [6.45, 7) is 16.1. The second kappa shape index (κ2) is 36.9. The molecule has 0 unspecified atom stereocenters. The van der Waals surface area contributed by atoms with E-state index in [-0.39, 0.29) is 41.0 Å². The molecule has 1 N–H and O–H groups in total. The third kappa shape index (κ3) is 20.2. The van der Waals surface area contributed by atoms with E-state index in [4.69, 9.17) is 14.2 Å². The van der Waals surface area contributed by atoms with Crippen molar-refractivity contribution in [3.05, 3.63) is 274 Å². The number of hydrogen-bond donors (Lipinski definition) is 2. The average molecular weight is 1320 g/mol. The molecule has 15 nitrogen and oxygen atoms in total. The highest BCUT2D eigenvalue weighted by atomic mass is 32.1. The smallest absolute Gasteiger partial charge is 0.433 e. The Kier molecular flexibility index (Phi) is 29.3. The lowest BCUT2D eigenvalue weighted by atomic mass is 9.79. The lowest BCUT2D eigenvalue weighted by Gasteiger charge is -2.39. The van der Waals surface area contributed by atoms with Crippen LogP contribution < -0.4 is 10.6 Å². The molecule has 17 heteroatoms. The number of nitrogens with zero attached hydrogens (tertiary/aromatic N) is 2. The number of aliphatic hydroxyl groups is 1. The Morgan fingerprint density at radius 2 is 1.03 bits per heavy atom. The number of carbonyl (C=O) groups excluding carboxylic acids is 6. The van der Waals surface area contributed by atoms with Gasteiger partial charge in [-0.1, -0.05) is 248 Å². The van der Waals surface area contributed by atoms with Crippen LogP contribution in [0, 0.1) is 20.8 Å². The quantitative estimate of drug-likeness (QED) is 0.0113. The van der Waals surface area contributed by atoms with Crippen molar-refractivity contribution in [1.82, 2.24) is 4.90 Å². The number of oxime groups is 1. The van der Waals surface area contributed by atoms with Crippen molar-refractivity contribution in [1.29, 1.82) is 0 Å². The monoisotopic (exact) mass is 1320 g/mol. The van der Waals surface area contributed by atoms with E-state index < -0.39 is 30.2 Å². The number of aryl methyl sites for hydroxylation is 3. The number of benzene rings is 8. The molecule has 2 fully saturated rings. The van der Waals surface area contributed by atoms with E-state index in [9.17, 15) is 38.4 Å². The van der Waals surface area contributed by atoms with Crippen LogP contribution >= 0.6 is 19.8 Å². The summed E-state index contributed by atoms with van der Waals surface area (Å²) in [7, 11) is -0.506. The zero-order valence-electron chi connectivity index (χ0n) is 55.7. The van der Waals surface area contributed by atoms with E-state index in [1.165, 1.54) is 21.1 Å². The fourth-order valence-electron chi connectivity index (χ4n) is 11.1. The van der Waals surface area contributed by atoms with E-state index in [0.717, 1.165) is 60.2 Å². The Balaban J connectivity index is 0.000000190. The molecule has 1 saturated carbocycles. The van der Waals surface area contributed by atoms with Crippen LogP contribution in [0.4, 0.5) is 4.79 Å². The Labute approximate surface area is 564 Å². The summed E-state index contributed by atoms with van der Waals surface area (Å²) in [6, 6.07) is 65.7. The van der Waals surface area contributed by atoms with Crippen molar-refractivity contribution in [3.8, 4) is 0 Å². The van der Waals surface area contributed by atoms with Gasteiger partial charge in [-0.25, -0.2) is 4.79 Å². The topological polar surface area (TPSA) is 201 Å². The van der Waals surface area contributed by atoms with Crippen molar-refractivity contribution in [2.45, 2.75) is 103 Å². The summed E-state index contributed by atoms with van der Waals surface area (Å²) in [5.41, 5.74) is 5.86. The molecule has 0 bridgehead atoms. The van der Waals surface area contributed by atoms with Gasteiger partial charge in [0, 0.05) is 77.1 Å². The summed E-state index contributed by atoms with van der Waals surface area (Å²) in [5, 5.41) is 14.8. The first-order valence-electron chi connectivity index (χ1n) is 31.6. The SMILES string of the molecule is CC(C)(C(=O)c1ccc(CS)cc1)N1CCOCC1.CCOC(=O)O/N=C(\C)C(=O)c1ccccc1.COC(OC)(C(=O)c1ccccc1)c1ccccc1.Cc1cc(C)c(C(=O)P(=O)(c2ccccc2)c2ccccc2)c(C)c1.O=C(c1ccccc1)C1(O)CCCCC1. The zero-order valence-corrected chi connectivity index (χ0v) is 57.5. The number of thiol groups is 1. The van der Waals surface area contributed by atoms with Gasteiger partial charge in [0.15, 0.2) is 11.6 Å². The van der Waals surface area contributed by atoms with Gasteiger partial charge in [0.1, 0.15) is 11.3 Å². The summed E-state index contributed by atoms with van der Waals surface area (Å²) in [4.78, 5) is 80.2. The van der Waals surface area contributed by atoms with Crippen molar-refractivity contribution in [2.75, 3.05) is 47.1 Å². The molecule has 0 spiro atoms. The fourth-order valence-corrected chi connectivity index (χ4v) is 13.9. The van der Waals surface area contributed by atoms with Crippen molar-refractivity contribution in [3.63, 3.8) is 0 Å². The number of carbonyl (C=O) groups is 6. The Bertz CT molecular complexity index is 3770. The van der Waals surface area contributed by atoms with Gasteiger partial charge in [-0.05, 0) is 78.0 Å². The van der Waals surface area contributed by atoms with Crippen LogP contribution in [-0.2, 0) is 39.9 Å². The van der Waals surface area contributed by atoms with Crippen molar-refractivity contribution >= 4 is 70.9 Å². The van der Waals surface area contributed by atoms with Crippen LogP contribution in [-0.4, -0.2) is 109 Å². The van der Waals surface area contributed by atoms with Gasteiger partial charge in [0.05, 0.1) is 25.4 Å². The fraction of sp³-hybridized carbons (Fsp3) is 0.295. The average Bonchev–Trinajstić information content (AvgIpc) is 0.771. The number of Topliss-reactive ketones (excluding diaryl/α,β-unsaturated/α-hetero) is 4. The van der Waals surface area contributed by atoms with Gasteiger partial charge in [0.2, 0.25) is 24.2 Å². The molecule has 1 aliphatic carbocycles. The molecule has 0 amide bonds. The number of hydrogen-bond acceptors (Lipinski definition) is 16. The molecule has 1 aliphatic heterocycles. The minimum absolute atomic E-state index is 0.0873. The van der Waals surface area contributed by atoms with E-state index in [2.05, 4.69) is 32.3 Å². The van der Waals surface area contributed by atoms with Gasteiger partial charge in [-0.3, -0.25) is 33.7 Å². The largest absolute Gasteiger partial charge is 0.535 e. The first-order chi connectivity index (χ1) is 45.6. The maximum Gasteiger partial charge on any atom is 0.535 e. The molecular weight excluding hydrogens is 1240 g/mol.